The number of ether oxygens (including phenoxy) is 1. The van der Waals surface area contributed by atoms with Gasteiger partial charge >= 0.3 is 6.18 Å². The zero-order valence-electron chi connectivity index (χ0n) is 18.5. The molecule has 0 aliphatic rings. The van der Waals surface area contributed by atoms with Crippen LogP contribution in [0.1, 0.15) is 19.5 Å². The molecule has 2 aromatic heterocycles. The molecule has 0 unspecified atom stereocenters. The van der Waals surface area contributed by atoms with Crippen molar-refractivity contribution in [2.45, 2.75) is 31.0 Å². The first-order valence-corrected chi connectivity index (χ1v) is 13.0. The molecule has 4 rings (SSSR count). The van der Waals surface area contributed by atoms with E-state index in [1.807, 2.05) is 13.8 Å². The smallest absolute Gasteiger partial charge is 0.435 e. The molecule has 0 fully saturated rings. The summed E-state index contributed by atoms with van der Waals surface area (Å²) in [4.78, 5) is 0.712. The summed E-state index contributed by atoms with van der Waals surface area (Å²) >= 11 is 1.24. The molecule has 178 valence electrons. The number of rotatable bonds is 6. The minimum atomic E-state index is -4.63. The molecule has 0 saturated heterocycles. The van der Waals surface area contributed by atoms with E-state index < -0.39 is 21.7 Å². The largest absolute Gasteiger partial charge is 0.489 e. The highest BCUT2D eigenvalue weighted by atomic mass is 32.2. The van der Waals surface area contributed by atoms with Gasteiger partial charge in [-0.3, -0.25) is 0 Å². The lowest BCUT2D eigenvalue weighted by Gasteiger charge is -2.15. The van der Waals surface area contributed by atoms with E-state index in [-0.39, 0.29) is 16.7 Å². The van der Waals surface area contributed by atoms with Crippen LogP contribution in [-0.2, 0) is 16.0 Å². The van der Waals surface area contributed by atoms with Crippen LogP contribution in [0.3, 0.4) is 0 Å². The number of thiophene rings is 1. The highest BCUT2D eigenvalue weighted by Gasteiger charge is 2.36. The second-order valence-electron chi connectivity index (χ2n) is 7.96. The highest BCUT2D eigenvalue weighted by Crippen LogP contribution is 2.39. The number of sulfone groups is 1. The Labute approximate surface area is 199 Å². The topological polar surface area (TPSA) is 61.2 Å². The number of benzene rings is 2. The number of para-hydroxylation sites is 2. The molecule has 2 aromatic carbocycles. The summed E-state index contributed by atoms with van der Waals surface area (Å²) in [5.41, 5.74) is 0.962. The molecule has 0 radical (unpaired) electrons. The van der Waals surface area contributed by atoms with Gasteiger partial charge in [0.25, 0.3) is 0 Å². The zero-order valence-corrected chi connectivity index (χ0v) is 20.1. The van der Waals surface area contributed by atoms with Gasteiger partial charge in [0.2, 0.25) is 0 Å². The molecule has 2 heterocycles. The molecule has 34 heavy (non-hydrogen) atoms. The summed E-state index contributed by atoms with van der Waals surface area (Å²) in [6.45, 7) is 3.66. The van der Waals surface area contributed by atoms with Crippen LogP contribution >= 0.6 is 11.3 Å². The zero-order chi connectivity index (χ0) is 24.7. The minimum Gasteiger partial charge on any atom is -0.489 e. The van der Waals surface area contributed by atoms with E-state index in [0.717, 1.165) is 12.3 Å². The van der Waals surface area contributed by atoms with Crippen molar-refractivity contribution in [1.29, 1.82) is 0 Å². The first-order valence-electron chi connectivity index (χ1n) is 10.3. The van der Waals surface area contributed by atoms with Crippen molar-refractivity contribution in [3.63, 3.8) is 0 Å². The Morgan fingerprint density at radius 1 is 1.00 bits per heavy atom. The fraction of sp³-hybridized carbons (Fsp3) is 0.208. The molecule has 5 nitrogen and oxygen atoms in total. The molecular formula is C24H21F3N2O3S2. The van der Waals surface area contributed by atoms with Crippen molar-refractivity contribution >= 4 is 21.2 Å². The highest BCUT2D eigenvalue weighted by molar-refractivity contribution is 7.90. The first-order chi connectivity index (χ1) is 15.9. The molecule has 0 aliphatic heterocycles. The Hall–Kier alpha value is -3.11. The molecule has 0 bridgehead atoms. The van der Waals surface area contributed by atoms with Crippen LogP contribution in [0.2, 0.25) is 0 Å². The molecular weight excluding hydrogens is 485 g/mol. The van der Waals surface area contributed by atoms with Crippen molar-refractivity contribution < 1.29 is 26.3 Å². The third-order valence-electron chi connectivity index (χ3n) is 4.90. The van der Waals surface area contributed by atoms with Crippen molar-refractivity contribution in [1.82, 2.24) is 9.78 Å². The number of halogens is 3. The quantitative estimate of drug-likeness (QED) is 0.300. The van der Waals surface area contributed by atoms with Gasteiger partial charge in [-0.15, -0.1) is 11.3 Å². The average Bonchev–Trinajstić information content (AvgIpc) is 3.40. The molecule has 0 spiro atoms. The maximum atomic E-state index is 13.6. The number of alkyl halides is 3. The summed E-state index contributed by atoms with van der Waals surface area (Å²) in [7, 11) is -3.40. The van der Waals surface area contributed by atoms with Gasteiger partial charge in [0.05, 0.1) is 21.6 Å². The van der Waals surface area contributed by atoms with E-state index in [4.69, 9.17) is 4.74 Å². The van der Waals surface area contributed by atoms with Gasteiger partial charge in [0.15, 0.2) is 15.5 Å². The normalized spacial score (nSPS) is 12.3. The Morgan fingerprint density at radius 2 is 1.74 bits per heavy atom. The van der Waals surface area contributed by atoms with Crippen LogP contribution in [-0.4, -0.2) is 30.6 Å². The Kier molecular flexibility index (Phi) is 6.30. The van der Waals surface area contributed by atoms with Crippen molar-refractivity contribution in [3.05, 3.63) is 71.7 Å². The van der Waals surface area contributed by atoms with Crippen LogP contribution in [0.5, 0.6) is 5.75 Å². The summed E-state index contributed by atoms with van der Waals surface area (Å²) in [6, 6.07) is 16.0. The molecule has 0 amide bonds. The van der Waals surface area contributed by atoms with Crippen LogP contribution in [0.4, 0.5) is 13.2 Å². The lowest BCUT2D eigenvalue weighted by molar-refractivity contribution is -0.141. The van der Waals surface area contributed by atoms with E-state index in [1.54, 1.807) is 53.9 Å². The van der Waals surface area contributed by atoms with E-state index in [2.05, 4.69) is 5.10 Å². The van der Waals surface area contributed by atoms with Crippen molar-refractivity contribution in [3.8, 4) is 33.1 Å². The number of hydrogen-bond donors (Lipinski definition) is 0. The third-order valence-corrected chi connectivity index (χ3v) is 6.97. The van der Waals surface area contributed by atoms with Crippen LogP contribution in [0, 0.1) is 0 Å². The predicted octanol–water partition coefficient (Wildman–Crippen LogP) is 6.48. The summed E-state index contributed by atoms with van der Waals surface area (Å²) in [5, 5.41) is 5.64. The van der Waals surface area contributed by atoms with E-state index in [1.165, 1.54) is 22.1 Å². The van der Waals surface area contributed by atoms with Crippen LogP contribution < -0.4 is 4.74 Å². The summed E-state index contributed by atoms with van der Waals surface area (Å²) in [5.74, 6) is 0.410. The number of nitrogens with zero attached hydrogens (tertiary/aromatic N) is 2. The third kappa shape index (κ3) is 5.02. The average molecular weight is 507 g/mol. The van der Waals surface area contributed by atoms with Gasteiger partial charge in [-0.25, -0.2) is 13.1 Å². The van der Waals surface area contributed by atoms with Crippen molar-refractivity contribution in [2.24, 2.45) is 0 Å². The Morgan fingerprint density at radius 3 is 2.41 bits per heavy atom. The van der Waals surface area contributed by atoms with Crippen LogP contribution in [0.15, 0.2) is 70.9 Å². The standard InChI is InChI=1S/C24H21F3N2O3S2/c1-15(2)32-21-10-5-4-9-19(21)29-20(13-23(28-29)24(25,26)27)22-12-17(14-33-22)16-7-6-8-18(11-16)34(3,30)31/h4-15H,1-3H3. The van der Waals surface area contributed by atoms with E-state index in [9.17, 15) is 21.6 Å². The van der Waals surface area contributed by atoms with Gasteiger partial charge in [0.1, 0.15) is 11.4 Å². The molecule has 0 saturated carbocycles. The second kappa shape index (κ2) is 8.92. The van der Waals surface area contributed by atoms with Crippen LogP contribution in [0.25, 0.3) is 27.4 Å². The Bertz CT molecular complexity index is 1440. The predicted molar refractivity (Wildman–Crippen MR) is 126 cm³/mol. The van der Waals surface area contributed by atoms with Gasteiger partial charge in [-0.1, -0.05) is 24.3 Å². The summed E-state index contributed by atoms with van der Waals surface area (Å²) in [6.07, 6.45) is -3.69. The molecule has 10 heteroatoms. The lowest BCUT2D eigenvalue weighted by atomic mass is 10.1. The van der Waals surface area contributed by atoms with Crippen molar-refractivity contribution in [2.75, 3.05) is 6.26 Å². The minimum absolute atomic E-state index is 0.168. The van der Waals surface area contributed by atoms with Gasteiger partial charge in [-0.05, 0) is 66.8 Å². The number of hydrogen-bond acceptors (Lipinski definition) is 5. The second-order valence-corrected chi connectivity index (χ2v) is 10.9. The maximum absolute atomic E-state index is 13.6. The first kappa shape index (κ1) is 24.0. The fourth-order valence-electron chi connectivity index (χ4n) is 3.39. The lowest BCUT2D eigenvalue weighted by Crippen LogP contribution is -2.11. The van der Waals surface area contributed by atoms with E-state index in [0.29, 0.717) is 27.4 Å². The van der Waals surface area contributed by atoms with E-state index >= 15 is 0 Å². The van der Waals surface area contributed by atoms with Gasteiger partial charge in [0, 0.05) is 6.26 Å². The maximum Gasteiger partial charge on any atom is 0.435 e. The van der Waals surface area contributed by atoms with Gasteiger partial charge < -0.3 is 4.74 Å². The van der Waals surface area contributed by atoms with Gasteiger partial charge in [-0.2, -0.15) is 18.3 Å². The number of aromatic nitrogens is 2. The molecule has 0 aliphatic carbocycles. The molecule has 0 atom stereocenters. The Balaban J connectivity index is 1.84. The fourth-order valence-corrected chi connectivity index (χ4v) is 4.98. The SMILES string of the molecule is CC(C)Oc1ccccc1-n1nc(C(F)(F)F)cc1-c1cc(-c2cccc(S(C)(=O)=O)c2)cs1. The molecule has 4 aromatic rings. The molecule has 0 N–H and O–H groups in total. The monoisotopic (exact) mass is 506 g/mol. The summed E-state index contributed by atoms with van der Waals surface area (Å²) < 4.78 is 71.7.